The predicted octanol–water partition coefficient (Wildman–Crippen LogP) is 2.78. The minimum atomic E-state index is 0.721. The third-order valence-electron chi connectivity index (χ3n) is 2.76. The fourth-order valence-corrected chi connectivity index (χ4v) is 3.42. The molecule has 0 aliphatic carbocycles. The van der Waals surface area contributed by atoms with Crippen LogP contribution in [0.4, 0.5) is 5.13 Å². The van der Waals surface area contributed by atoms with Gasteiger partial charge in [-0.2, -0.15) is 0 Å². The molecule has 18 heavy (non-hydrogen) atoms. The van der Waals surface area contributed by atoms with E-state index in [0.29, 0.717) is 0 Å². The summed E-state index contributed by atoms with van der Waals surface area (Å²) in [7, 11) is 0. The highest BCUT2D eigenvalue weighted by atomic mass is 32.1. The lowest BCUT2D eigenvalue weighted by molar-refractivity contribution is 0.952. The van der Waals surface area contributed by atoms with Crippen LogP contribution >= 0.6 is 22.7 Å². The Morgan fingerprint density at radius 1 is 1.28 bits per heavy atom. The van der Waals surface area contributed by atoms with Crippen LogP contribution in [-0.2, 0) is 6.54 Å². The van der Waals surface area contributed by atoms with Crippen LogP contribution in [0, 0.1) is 20.8 Å². The van der Waals surface area contributed by atoms with E-state index in [9.17, 15) is 0 Å². The Bertz CT molecular complexity index is 693. The van der Waals surface area contributed by atoms with E-state index in [-0.39, 0.29) is 0 Å². The van der Waals surface area contributed by atoms with Gasteiger partial charge in [-0.05, 0) is 20.8 Å². The highest BCUT2D eigenvalue weighted by molar-refractivity contribution is 7.15. The van der Waals surface area contributed by atoms with Crippen molar-refractivity contribution >= 4 is 32.8 Å². The summed E-state index contributed by atoms with van der Waals surface area (Å²) in [5, 5.41) is 15.3. The van der Waals surface area contributed by atoms with Crippen molar-refractivity contribution in [2.75, 3.05) is 5.32 Å². The maximum Gasteiger partial charge on any atom is 0.205 e. The van der Waals surface area contributed by atoms with E-state index in [1.165, 1.54) is 11.4 Å². The topological polar surface area (TPSA) is 55.1 Å². The van der Waals surface area contributed by atoms with Gasteiger partial charge in [0.15, 0.2) is 4.96 Å². The molecule has 7 heteroatoms. The van der Waals surface area contributed by atoms with Gasteiger partial charge in [0, 0.05) is 11.1 Å². The molecular formula is C11H13N5S2. The third kappa shape index (κ3) is 1.89. The summed E-state index contributed by atoms with van der Waals surface area (Å²) in [6, 6.07) is 0. The molecule has 0 saturated heterocycles. The van der Waals surface area contributed by atoms with Gasteiger partial charge >= 0.3 is 0 Å². The number of thiazole rings is 1. The quantitative estimate of drug-likeness (QED) is 0.801. The van der Waals surface area contributed by atoms with Crippen molar-refractivity contribution in [1.29, 1.82) is 0 Å². The standard InChI is InChI=1S/C11H13N5S2/c1-6-5-17-11-13-7(2)9(16(6)11)4-12-10-15-14-8(3)18-10/h5H,4H2,1-3H3,(H,12,15). The summed E-state index contributed by atoms with van der Waals surface area (Å²) in [5.74, 6) is 0. The number of nitrogens with one attached hydrogen (secondary N) is 1. The Morgan fingerprint density at radius 3 is 2.83 bits per heavy atom. The number of aryl methyl sites for hydroxylation is 3. The van der Waals surface area contributed by atoms with Gasteiger partial charge in [-0.25, -0.2) is 4.98 Å². The van der Waals surface area contributed by atoms with E-state index >= 15 is 0 Å². The third-order valence-corrected chi connectivity index (χ3v) is 4.50. The first-order chi connectivity index (χ1) is 8.65. The summed E-state index contributed by atoms with van der Waals surface area (Å²) in [6.45, 7) is 6.82. The fraction of sp³-hybridized carbons (Fsp3) is 0.364. The SMILES string of the molecule is Cc1nnc(NCc2c(C)nc3scc(C)n23)s1. The molecule has 0 radical (unpaired) electrons. The van der Waals surface area contributed by atoms with Gasteiger partial charge in [-0.3, -0.25) is 4.40 Å². The van der Waals surface area contributed by atoms with Gasteiger partial charge in [0.1, 0.15) is 5.01 Å². The minimum Gasteiger partial charge on any atom is -0.354 e. The van der Waals surface area contributed by atoms with Gasteiger partial charge in [0.2, 0.25) is 5.13 Å². The molecule has 0 saturated carbocycles. The van der Waals surface area contributed by atoms with Gasteiger partial charge in [0.05, 0.1) is 17.9 Å². The number of hydrogen-bond donors (Lipinski definition) is 1. The average Bonchev–Trinajstić information content (AvgIpc) is 2.96. The number of anilines is 1. The van der Waals surface area contributed by atoms with E-state index < -0.39 is 0 Å². The van der Waals surface area contributed by atoms with Crippen LogP contribution < -0.4 is 5.32 Å². The Kier molecular flexibility index (Phi) is 2.79. The molecule has 3 rings (SSSR count). The zero-order chi connectivity index (χ0) is 12.7. The van der Waals surface area contributed by atoms with Crippen LogP contribution in [0.15, 0.2) is 5.38 Å². The van der Waals surface area contributed by atoms with Gasteiger partial charge in [0.25, 0.3) is 0 Å². The van der Waals surface area contributed by atoms with E-state index in [0.717, 1.165) is 27.3 Å². The molecule has 0 fully saturated rings. The Hall–Kier alpha value is -1.47. The highest BCUT2D eigenvalue weighted by Crippen LogP contribution is 2.22. The van der Waals surface area contributed by atoms with Gasteiger partial charge in [-0.1, -0.05) is 11.3 Å². The van der Waals surface area contributed by atoms with Crippen molar-refractivity contribution in [2.24, 2.45) is 0 Å². The molecule has 3 aromatic rings. The first kappa shape index (κ1) is 11.6. The van der Waals surface area contributed by atoms with E-state index in [2.05, 4.69) is 37.2 Å². The lowest BCUT2D eigenvalue weighted by Crippen LogP contribution is -2.04. The molecule has 94 valence electrons. The minimum absolute atomic E-state index is 0.721. The Balaban J connectivity index is 1.90. The number of hydrogen-bond acceptors (Lipinski definition) is 6. The van der Waals surface area contributed by atoms with Crippen molar-refractivity contribution in [3.8, 4) is 0 Å². The molecule has 3 heterocycles. The number of imidazole rings is 1. The van der Waals surface area contributed by atoms with Crippen molar-refractivity contribution < 1.29 is 0 Å². The molecule has 0 bridgehead atoms. The molecule has 0 aromatic carbocycles. The second-order valence-corrected chi connectivity index (χ2v) is 6.14. The first-order valence-electron chi connectivity index (χ1n) is 5.61. The maximum absolute atomic E-state index is 4.56. The fourth-order valence-electron chi connectivity index (χ4n) is 1.90. The Morgan fingerprint density at radius 2 is 2.11 bits per heavy atom. The van der Waals surface area contributed by atoms with Crippen LogP contribution in [-0.4, -0.2) is 19.6 Å². The zero-order valence-corrected chi connectivity index (χ0v) is 12.0. The number of fused-ring (bicyclic) bond motifs is 1. The summed E-state index contributed by atoms with van der Waals surface area (Å²) in [6.07, 6.45) is 0. The average molecular weight is 279 g/mol. The van der Waals surface area contributed by atoms with Gasteiger partial charge < -0.3 is 5.32 Å². The molecule has 5 nitrogen and oxygen atoms in total. The highest BCUT2D eigenvalue weighted by Gasteiger charge is 2.12. The monoisotopic (exact) mass is 279 g/mol. The normalized spacial score (nSPS) is 11.3. The van der Waals surface area contributed by atoms with Gasteiger partial charge in [-0.15, -0.1) is 21.5 Å². The molecule has 0 amide bonds. The lowest BCUT2D eigenvalue weighted by Gasteiger charge is -2.03. The van der Waals surface area contributed by atoms with Crippen molar-refractivity contribution in [2.45, 2.75) is 27.3 Å². The number of aromatic nitrogens is 4. The molecule has 0 aliphatic heterocycles. The number of rotatable bonds is 3. The first-order valence-corrected chi connectivity index (χ1v) is 7.31. The second-order valence-electron chi connectivity index (χ2n) is 4.12. The molecule has 0 atom stereocenters. The van der Waals surface area contributed by atoms with Crippen molar-refractivity contribution in [3.63, 3.8) is 0 Å². The smallest absolute Gasteiger partial charge is 0.205 e. The van der Waals surface area contributed by atoms with Crippen LogP contribution in [0.25, 0.3) is 4.96 Å². The summed E-state index contributed by atoms with van der Waals surface area (Å²) in [5.41, 5.74) is 3.48. The largest absolute Gasteiger partial charge is 0.354 e. The number of nitrogens with zero attached hydrogens (tertiary/aromatic N) is 4. The van der Waals surface area contributed by atoms with Crippen LogP contribution in [0.5, 0.6) is 0 Å². The van der Waals surface area contributed by atoms with Crippen molar-refractivity contribution in [3.05, 3.63) is 27.5 Å². The van der Waals surface area contributed by atoms with E-state index in [4.69, 9.17) is 0 Å². The lowest BCUT2D eigenvalue weighted by atomic mass is 10.3. The molecule has 1 N–H and O–H groups in total. The predicted molar refractivity (Wildman–Crippen MR) is 74.5 cm³/mol. The summed E-state index contributed by atoms with van der Waals surface area (Å²) < 4.78 is 2.20. The molecular weight excluding hydrogens is 266 g/mol. The van der Waals surface area contributed by atoms with E-state index in [1.807, 2.05) is 13.8 Å². The molecule has 0 unspecified atom stereocenters. The second kappa shape index (κ2) is 4.33. The van der Waals surface area contributed by atoms with Crippen molar-refractivity contribution in [1.82, 2.24) is 19.6 Å². The summed E-state index contributed by atoms with van der Waals surface area (Å²) >= 11 is 3.24. The molecule has 3 aromatic heterocycles. The van der Waals surface area contributed by atoms with Crippen LogP contribution in [0.1, 0.15) is 22.1 Å². The maximum atomic E-state index is 4.56. The molecule has 0 spiro atoms. The Labute approximate surface area is 113 Å². The zero-order valence-electron chi connectivity index (χ0n) is 10.4. The molecule has 0 aliphatic rings. The van der Waals surface area contributed by atoms with Crippen LogP contribution in [0.2, 0.25) is 0 Å². The van der Waals surface area contributed by atoms with E-state index in [1.54, 1.807) is 22.7 Å². The van der Waals surface area contributed by atoms with Crippen LogP contribution in [0.3, 0.4) is 0 Å². The summed E-state index contributed by atoms with van der Waals surface area (Å²) in [4.78, 5) is 5.61.